The lowest BCUT2D eigenvalue weighted by molar-refractivity contribution is 0.0922. The van der Waals surface area contributed by atoms with Gasteiger partial charge in [-0.1, -0.05) is 25.5 Å². The molecule has 0 bridgehead atoms. The van der Waals surface area contributed by atoms with Gasteiger partial charge in [-0.25, -0.2) is 12.7 Å². The van der Waals surface area contributed by atoms with Gasteiger partial charge in [0.05, 0.1) is 37.2 Å². The normalized spacial score (nSPS) is 20.3. The summed E-state index contributed by atoms with van der Waals surface area (Å²) in [5.41, 5.74) is 0.449. The summed E-state index contributed by atoms with van der Waals surface area (Å²) in [7, 11) is -0.356. The number of amides is 1. The zero-order valence-electron chi connectivity index (χ0n) is 15.6. The third-order valence-corrected chi connectivity index (χ3v) is 6.35. The zero-order chi connectivity index (χ0) is 19.2. The molecule has 1 aliphatic heterocycles. The van der Waals surface area contributed by atoms with Crippen LogP contribution in [0.25, 0.3) is 0 Å². The van der Waals surface area contributed by atoms with E-state index in [1.807, 2.05) is 6.07 Å². The van der Waals surface area contributed by atoms with Gasteiger partial charge in [0.25, 0.3) is 5.91 Å². The second kappa shape index (κ2) is 9.34. The smallest absolute Gasteiger partial charge is 0.255 e. The molecule has 1 aromatic carbocycles. The predicted molar refractivity (Wildman–Crippen MR) is 99.9 cm³/mol. The van der Waals surface area contributed by atoms with Crippen LogP contribution < -0.4 is 10.1 Å². The maximum Gasteiger partial charge on any atom is 0.255 e. The van der Waals surface area contributed by atoms with E-state index in [1.54, 1.807) is 18.2 Å². The van der Waals surface area contributed by atoms with Crippen molar-refractivity contribution in [2.75, 3.05) is 39.7 Å². The van der Waals surface area contributed by atoms with Crippen LogP contribution in [0, 0.1) is 5.92 Å². The maximum absolute atomic E-state index is 12.7. The third-order valence-electron chi connectivity index (χ3n) is 4.38. The van der Waals surface area contributed by atoms with Gasteiger partial charge in [-0.3, -0.25) is 4.79 Å². The number of sulfonamides is 1. The van der Waals surface area contributed by atoms with E-state index >= 15 is 0 Å². The summed E-state index contributed by atoms with van der Waals surface area (Å²) in [4.78, 5) is 12.7. The molecule has 0 spiro atoms. The average Bonchev–Trinajstić information content (AvgIpc) is 3.01. The number of nitrogens with one attached hydrogen (secondary N) is 1. The summed E-state index contributed by atoms with van der Waals surface area (Å²) in [6.07, 6.45) is 1.92. The molecule has 146 valence electrons. The number of unbranched alkanes of at least 4 members (excludes halogenated alkanes) is 1. The summed E-state index contributed by atoms with van der Waals surface area (Å²) < 4.78 is 36.6. The van der Waals surface area contributed by atoms with Crippen molar-refractivity contribution in [2.45, 2.75) is 25.8 Å². The largest absolute Gasteiger partial charge is 0.493 e. The zero-order valence-corrected chi connectivity index (χ0v) is 16.4. The fraction of sp³-hybridized carbons (Fsp3) is 0.611. The number of carbonyl (C=O) groups is 1. The van der Waals surface area contributed by atoms with Gasteiger partial charge in [-0.2, -0.15) is 0 Å². The number of nitrogens with zero attached hydrogens (tertiary/aromatic N) is 1. The van der Waals surface area contributed by atoms with Crippen molar-refractivity contribution in [1.82, 2.24) is 9.62 Å². The minimum atomic E-state index is -3.36. The molecule has 1 saturated heterocycles. The monoisotopic (exact) mass is 384 g/mol. The third kappa shape index (κ3) is 5.43. The van der Waals surface area contributed by atoms with Gasteiger partial charge in [0, 0.05) is 20.0 Å². The maximum atomic E-state index is 12.7. The number of benzene rings is 1. The number of ether oxygens (including phenoxy) is 2. The Morgan fingerprint density at radius 2 is 2.04 bits per heavy atom. The molecule has 1 aromatic rings. The molecule has 0 aromatic heterocycles. The molecule has 1 amide bonds. The van der Waals surface area contributed by atoms with Crippen molar-refractivity contribution in [3.05, 3.63) is 29.8 Å². The van der Waals surface area contributed by atoms with E-state index < -0.39 is 10.0 Å². The standard InChI is InChI=1S/C18H28N2O5S/c1-4-5-10-25-17-9-7-6-8-15(17)18(21)19-16-12-24-11-14(16)13-26(22,23)20(2)3/h6-9,14,16H,4-5,10-13H2,1-3H3,(H,19,21)/t14-,16-/m0/s1. The highest BCUT2D eigenvalue weighted by Crippen LogP contribution is 2.21. The van der Waals surface area contributed by atoms with Gasteiger partial charge >= 0.3 is 0 Å². The Kier molecular flexibility index (Phi) is 7.43. The van der Waals surface area contributed by atoms with Crippen molar-refractivity contribution < 1.29 is 22.7 Å². The van der Waals surface area contributed by atoms with E-state index in [1.165, 1.54) is 18.4 Å². The lowest BCUT2D eigenvalue weighted by Crippen LogP contribution is -2.43. The number of hydrogen-bond acceptors (Lipinski definition) is 5. The summed E-state index contributed by atoms with van der Waals surface area (Å²) in [6, 6.07) is 6.73. The molecule has 1 heterocycles. The van der Waals surface area contributed by atoms with Crippen LogP contribution in [0.1, 0.15) is 30.1 Å². The number of para-hydroxylation sites is 1. The van der Waals surface area contributed by atoms with Crippen LogP contribution in [-0.4, -0.2) is 64.3 Å². The van der Waals surface area contributed by atoms with E-state index in [0.29, 0.717) is 31.1 Å². The molecule has 26 heavy (non-hydrogen) atoms. The molecule has 1 N–H and O–H groups in total. The van der Waals surface area contributed by atoms with Crippen LogP contribution in [0.5, 0.6) is 5.75 Å². The molecule has 1 fully saturated rings. The second-order valence-electron chi connectivity index (χ2n) is 6.64. The molecule has 0 saturated carbocycles. The van der Waals surface area contributed by atoms with Crippen LogP contribution in [0.4, 0.5) is 0 Å². The highest BCUT2D eigenvalue weighted by Gasteiger charge is 2.34. The van der Waals surface area contributed by atoms with Gasteiger partial charge in [0.1, 0.15) is 5.75 Å². The lowest BCUT2D eigenvalue weighted by Gasteiger charge is -2.21. The van der Waals surface area contributed by atoms with Crippen LogP contribution >= 0.6 is 0 Å². The van der Waals surface area contributed by atoms with Crippen molar-refractivity contribution >= 4 is 15.9 Å². The molecule has 0 unspecified atom stereocenters. The summed E-state index contributed by atoms with van der Waals surface area (Å²) in [5.74, 6) is -0.0752. The van der Waals surface area contributed by atoms with Gasteiger partial charge in [0.15, 0.2) is 0 Å². The molecule has 8 heteroatoms. The van der Waals surface area contributed by atoms with E-state index in [2.05, 4.69) is 12.2 Å². The Hall–Kier alpha value is -1.64. The molecule has 2 rings (SSSR count). The van der Waals surface area contributed by atoms with Crippen LogP contribution in [0.3, 0.4) is 0 Å². The SMILES string of the molecule is CCCCOc1ccccc1C(=O)N[C@H]1COC[C@H]1CS(=O)(=O)N(C)C. The van der Waals surface area contributed by atoms with E-state index in [-0.39, 0.29) is 23.6 Å². The Bertz CT molecular complexity index is 705. The molecule has 1 aliphatic rings. The molecule has 2 atom stereocenters. The Labute approximate surface area is 155 Å². The first kappa shape index (κ1) is 20.7. The van der Waals surface area contributed by atoms with Crippen LogP contribution in [0.2, 0.25) is 0 Å². The number of rotatable bonds is 9. The Morgan fingerprint density at radius 3 is 2.73 bits per heavy atom. The highest BCUT2D eigenvalue weighted by atomic mass is 32.2. The van der Waals surface area contributed by atoms with Crippen molar-refractivity contribution in [3.63, 3.8) is 0 Å². The summed E-state index contributed by atoms with van der Waals surface area (Å²) in [6.45, 7) is 3.24. The van der Waals surface area contributed by atoms with Crippen LogP contribution in [0.15, 0.2) is 24.3 Å². The topological polar surface area (TPSA) is 84.9 Å². The molecule has 7 nitrogen and oxygen atoms in total. The second-order valence-corrected chi connectivity index (χ2v) is 8.86. The van der Waals surface area contributed by atoms with Gasteiger partial charge in [-0.15, -0.1) is 0 Å². The molecular weight excluding hydrogens is 356 g/mol. The average molecular weight is 384 g/mol. The van der Waals surface area contributed by atoms with E-state index in [0.717, 1.165) is 12.8 Å². The Balaban J connectivity index is 2.05. The minimum absolute atomic E-state index is 0.0560. The number of hydrogen-bond donors (Lipinski definition) is 1. The molecule has 0 radical (unpaired) electrons. The summed E-state index contributed by atoms with van der Waals surface area (Å²) in [5, 5.41) is 2.91. The number of carbonyl (C=O) groups excluding carboxylic acids is 1. The molecular formula is C18H28N2O5S. The van der Waals surface area contributed by atoms with E-state index in [9.17, 15) is 13.2 Å². The minimum Gasteiger partial charge on any atom is -0.493 e. The fourth-order valence-corrected chi connectivity index (χ4v) is 3.86. The first-order valence-electron chi connectivity index (χ1n) is 8.85. The van der Waals surface area contributed by atoms with Crippen molar-refractivity contribution in [1.29, 1.82) is 0 Å². The highest BCUT2D eigenvalue weighted by molar-refractivity contribution is 7.89. The van der Waals surface area contributed by atoms with Crippen molar-refractivity contribution in [2.24, 2.45) is 5.92 Å². The van der Waals surface area contributed by atoms with Crippen LogP contribution in [-0.2, 0) is 14.8 Å². The van der Waals surface area contributed by atoms with Gasteiger partial charge in [-0.05, 0) is 18.6 Å². The predicted octanol–water partition coefficient (Wildman–Crippen LogP) is 1.50. The fourth-order valence-electron chi connectivity index (χ4n) is 2.69. The van der Waals surface area contributed by atoms with E-state index in [4.69, 9.17) is 9.47 Å². The first-order chi connectivity index (χ1) is 12.3. The van der Waals surface area contributed by atoms with Gasteiger partial charge < -0.3 is 14.8 Å². The first-order valence-corrected chi connectivity index (χ1v) is 10.5. The lowest BCUT2D eigenvalue weighted by atomic mass is 10.1. The summed E-state index contributed by atoms with van der Waals surface area (Å²) >= 11 is 0. The van der Waals surface area contributed by atoms with Gasteiger partial charge in [0.2, 0.25) is 10.0 Å². The molecule has 0 aliphatic carbocycles. The Morgan fingerprint density at radius 1 is 1.31 bits per heavy atom. The quantitative estimate of drug-likeness (QED) is 0.652. The van der Waals surface area contributed by atoms with Crippen molar-refractivity contribution in [3.8, 4) is 5.75 Å².